The molecule has 0 aromatic heterocycles. The quantitative estimate of drug-likeness (QED) is 0.138. The number of hydrogen-bond acceptors (Lipinski definition) is 0. The van der Waals surface area contributed by atoms with Crippen molar-refractivity contribution in [1.82, 2.24) is 0 Å². The number of aryl methyl sites for hydroxylation is 2. The third-order valence-electron chi connectivity index (χ3n) is 6.59. The van der Waals surface area contributed by atoms with Gasteiger partial charge < -0.3 is 0 Å². The molecule has 194 valence electrons. The summed E-state index contributed by atoms with van der Waals surface area (Å²) >= 11 is -1.95. The van der Waals surface area contributed by atoms with E-state index in [1.165, 1.54) is 49.0 Å². The minimum absolute atomic E-state index is 0.557. The predicted octanol–water partition coefficient (Wildman–Crippen LogP) is 10.4. The van der Waals surface area contributed by atoms with Crippen molar-refractivity contribution in [3.8, 4) is 0 Å². The van der Waals surface area contributed by atoms with Crippen LogP contribution in [-0.2, 0) is 18.0 Å². The largest absolute Gasteiger partial charge is 0.165 e. The summed E-state index contributed by atoms with van der Waals surface area (Å²) in [6.07, 6.45) is 0. The zero-order valence-corrected chi connectivity index (χ0v) is 28.0. The summed E-state index contributed by atoms with van der Waals surface area (Å²) in [5.74, 6) is 1.23. The Morgan fingerprint density at radius 2 is 1.08 bits per heavy atom. The van der Waals surface area contributed by atoms with Gasteiger partial charge in [0.15, 0.2) is 0 Å². The van der Waals surface area contributed by atoms with Gasteiger partial charge >= 0.3 is 82.5 Å². The van der Waals surface area contributed by atoms with E-state index >= 15 is 0 Å². The molecule has 0 aliphatic rings. The Kier molecular flexibility index (Phi) is 11.5. The van der Waals surface area contributed by atoms with E-state index in [9.17, 15) is 0 Å². The Balaban J connectivity index is 0.000000155. The van der Waals surface area contributed by atoms with Crippen LogP contribution in [0.3, 0.4) is 0 Å². The summed E-state index contributed by atoms with van der Waals surface area (Å²) in [6, 6.07) is 32.6. The fourth-order valence-electron chi connectivity index (χ4n) is 4.62. The van der Waals surface area contributed by atoms with E-state index in [0.717, 1.165) is 0 Å². The van der Waals surface area contributed by atoms with E-state index in [1.54, 1.807) is 0 Å². The normalized spacial score (nSPS) is 10.8. The zero-order valence-electron chi connectivity index (χ0n) is 23.1. The van der Waals surface area contributed by atoms with Gasteiger partial charge in [0.05, 0.1) is 0 Å². The molecule has 4 heteroatoms. The molecule has 0 fully saturated rings. The molecule has 0 saturated carbocycles. The monoisotopic (exact) mass is 622 g/mol. The molecule has 0 unspecified atom stereocenters. The van der Waals surface area contributed by atoms with Crippen LogP contribution in [0.25, 0.3) is 21.5 Å². The minimum Gasteiger partial charge on any atom is -0.165 e. The van der Waals surface area contributed by atoms with Gasteiger partial charge in [-0.15, -0.1) is 69.1 Å². The van der Waals surface area contributed by atoms with Crippen LogP contribution < -0.4 is 5.19 Å². The summed E-state index contributed by atoms with van der Waals surface area (Å²) in [7, 11) is 11.9. The number of rotatable bonds is 3. The van der Waals surface area contributed by atoms with E-state index < -0.39 is 23.4 Å². The SMILES string of the molecule is C[Si](c1ccccc1)=[Zr]([Cl])[Cl].Cc1cc2c(C(C)C)cccc2[cH-]1.Cc1cc2c(C(C)C)cccc2[cH-]1. The average Bonchev–Trinajstić information content (AvgIpc) is 3.44. The van der Waals surface area contributed by atoms with E-state index in [0.29, 0.717) is 11.8 Å². The molecule has 5 aromatic carbocycles. The number of hydrogen-bond donors (Lipinski definition) is 0. The third-order valence-corrected chi connectivity index (χ3v) is 24.7. The van der Waals surface area contributed by atoms with Gasteiger partial charge in [-0.3, -0.25) is 0 Å². The van der Waals surface area contributed by atoms with Crippen molar-refractivity contribution in [2.75, 3.05) is 0 Å². The van der Waals surface area contributed by atoms with Gasteiger partial charge in [-0.05, 0) is 11.8 Å². The van der Waals surface area contributed by atoms with Crippen molar-refractivity contribution >= 4 is 49.2 Å². The molecule has 0 nitrogen and oxygen atoms in total. The van der Waals surface area contributed by atoms with Gasteiger partial charge in [0.1, 0.15) is 0 Å². The second-order valence-electron chi connectivity index (χ2n) is 10.3. The molecule has 0 amide bonds. The van der Waals surface area contributed by atoms with Crippen LogP contribution in [0.5, 0.6) is 0 Å². The van der Waals surface area contributed by atoms with Crippen LogP contribution in [-0.4, -0.2) is 5.43 Å². The molecule has 0 aliphatic heterocycles. The fraction of sp³-hybridized carbons (Fsp3) is 0.273. The summed E-state index contributed by atoms with van der Waals surface area (Å²) in [5, 5.41) is 6.98. The molecule has 5 aromatic rings. The molecule has 0 spiro atoms. The van der Waals surface area contributed by atoms with Crippen molar-refractivity contribution in [2.45, 2.75) is 59.9 Å². The first-order chi connectivity index (χ1) is 17.6. The first-order valence-corrected chi connectivity index (χ1v) is 25.0. The molecule has 0 bridgehead atoms. The van der Waals surface area contributed by atoms with Crippen molar-refractivity contribution in [2.24, 2.45) is 0 Å². The average molecular weight is 625 g/mol. The molecule has 0 radical (unpaired) electrons. The molecule has 0 saturated heterocycles. The Labute approximate surface area is 238 Å². The maximum atomic E-state index is 5.97. The summed E-state index contributed by atoms with van der Waals surface area (Å²) in [4.78, 5) is 0. The molecule has 0 heterocycles. The second kappa shape index (κ2) is 14.1. The van der Waals surface area contributed by atoms with Crippen LogP contribution in [0.4, 0.5) is 0 Å². The zero-order chi connectivity index (χ0) is 27.1. The molecule has 0 aliphatic carbocycles. The topological polar surface area (TPSA) is 0 Å². The number of benzene rings is 3. The fourth-order valence-corrected chi connectivity index (χ4v) is 12.2. The van der Waals surface area contributed by atoms with E-state index in [2.05, 4.69) is 121 Å². The first-order valence-electron chi connectivity index (χ1n) is 13.0. The predicted molar refractivity (Wildman–Crippen MR) is 166 cm³/mol. The first kappa shape index (κ1) is 30.1. The van der Waals surface area contributed by atoms with Gasteiger partial charge in [-0.1, -0.05) is 64.8 Å². The van der Waals surface area contributed by atoms with Gasteiger partial charge in [0.2, 0.25) is 0 Å². The Morgan fingerprint density at radius 1 is 0.649 bits per heavy atom. The van der Waals surface area contributed by atoms with Crippen molar-refractivity contribution in [1.29, 1.82) is 0 Å². The maximum absolute atomic E-state index is 5.97. The van der Waals surface area contributed by atoms with Crippen molar-refractivity contribution in [3.63, 3.8) is 0 Å². The van der Waals surface area contributed by atoms with Crippen LogP contribution >= 0.6 is 17.0 Å². The van der Waals surface area contributed by atoms with E-state index in [-0.39, 0.29) is 0 Å². The molecule has 0 atom stereocenters. The van der Waals surface area contributed by atoms with Crippen LogP contribution in [0.1, 0.15) is 61.8 Å². The second-order valence-corrected chi connectivity index (χ2v) is 31.3. The van der Waals surface area contributed by atoms with Crippen LogP contribution in [0.2, 0.25) is 6.55 Å². The minimum atomic E-state index is -1.95. The van der Waals surface area contributed by atoms with Crippen LogP contribution in [0, 0.1) is 13.8 Å². The number of fused-ring (bicyclic) bond motifs is 2. The summed E-state index contributed by atoms with van der Waals surface area (Å²) in [5.41, 5.74) is 5.10. The van der Waals surface area contributed by atoms with Gasteiger partial charge in [-0.25, -0.2) is 0 Å². The number of halogens is 2. The molecular weight excluding hydrogens is 587 g/mol. The maximum Gasteiger partial charge on any atom is -0.0308 e. The van der Waals surface area contributed by atoms with E-state index in [4.69, 9.17) is 17.0 Å². The van der Waals surface area contributed by atoms with Gasteiger partial charge in [-0.2, -0.15) is 12.1 Å². The Bertz CT molecular complexity index is 1380. The molecule has 0 N–H and O–H groups in total. The Morgan fingerprint density at radius 3 is 1.46 bits per heavy atom. The standard InChI is InChI=1S/2C13H15.C7H8Si.2ClH.Zr/c2*1-9(2)12-6-4-5-11-7-10(3)8-13(11)12;1-8-7-5-3-2-4-6-7;;;/h2*4-9H,1-3H3;2-6H,1H3;2*1H;/q2*-1;;;;+2/p-2. The van der Waals surface area contributed by atoms with Crippen molar-refractivity contribution < 1.29 is 18.0 Å². The van der Waals surface area contributed by atoms with Gasteiger partial charge in [0, 0.05) is 0 Å². The third kappa shape index (κ3) is 8.27. The molecule has 37 heavy (non-hydrogen) atoms. The summed E-state index contributed by atoms with van der Waals surface area (Å²) in [6.45, 7) is 15.5. The Hall–Kier alpha value is -1.44. The van der Waals surface area contributed by atoms with Gasteiger partial charge in [0.25, 0.3) is 0 Å². The smallest absolute Gasteiger partial charge is 0.0308 e. The van der Waals surface area contributed by atoms with Crippen LogP contribution in [0.15, 0.2) is 91.0 Å². The molecular formula is C33H38Cl2SiZr-2. The summed E-state index contributed by atoms with van der Waals surface area (Å²) < 4.78 is 0. The molecule has 5 rings (SSSR count). The van der Waals surface area contributed by atoms with E-state index in [1.807, 2.05) is 18.2 Å². The van der Waals surface area contributed by atoms with Crippen molar-refractivity contribution in [3.05, 3.63) is 113 Å².